The number of hydrogen-bond donors (Lipinski definition) is 2. The van der Waals surface area contributed by atoms with Gasteiger partial charge in [0.15, 0.2) is 22.6 Å². The highest BCUT2D eigenvalue weighted by atomic mass is 35.5. The van der Waals surface area contributed by atoms with E-state index in [1.165, 1.54) is 19.6 Å². The molecule has 264 valence electrons. The van der Waals surface area contributed by atoms with Gasteiger partial charge >= 0.3 is 0 Å². The molecule has 0 aliphatic heterocycles. The van der Waals surface area contributed by atoms with E-state index in [2.05, 4.69) is 45.2 Å². The molecule has 4 aromatic rings. The normalized spacial score (nSPS) is 20.2. The molecule has 12 nitrogen and oxygen atoms in total. The first kappa shape index (κ1) is 38.2. The number of ether oxygens (including phenoxy) is 2. The molecule has 0 amide bonds. The van der Waals surface area contributed by atoms with E-state index in [0.717, 1.165) is 62.8 Å². The SMILES string of the molecule is Cc1cc(OC2CCCC(N)C2)ncn1.Cc1cc(OC2CCCC(Nc3nc(Cl)nc(C)c3F)C2)ncn1.Cc1nc(Cl)nc(Cl)c1F. The number of anilines is 1. The highest BCUT2D eigenvalue weighted by Crippen LogP contribution is 2.27. The van der Waals surface area contributed by atoms with Crippen LogP contribution in [0.25, 0.3) is 0 Å². The summed E-state index contributed by atoms with van der Waals surface area (Å²) in [6.45, 7) is 6.86. The predicted octanol–water partition coefficient (Wildman–Crippen LogP) is 7.14. The number of aromatic nitrogens is 8. The van der Waals surface area contributed by atoms with Crippen molar-refractivity contribution < 1.29 is 18.3 Å². The number of nitrogens with one attached hydrogen (secondary N) is 1. The highest BCUT2D eigenvalue weighted by molar-refractivity contribution is 6.31. The Morgan fingerprint density at radius 2 is 1.22 bits per heavy atom. The summed E-state index contributed by atoms with van der Waals surface area (Å²) in [6.07, 6.45) is 11.1. The molecule has 6 rings (SSSR count). The van der Waals surface area contributed by atoms with Gasteiger partial charge in [0.05, 0.1) is 11.4 Å². The van der Waals surface area contributed by atoms with Gasteiger partial charge in [-0.25, -0.2) is 43.7 Å². The summed E-state index contributed by atoms with van der Waals surface area (Å²) in [7, 11) is 0. The van der Waals surface area contributed by atoms with Crippen LogP contribution in [0.5, 0.6) is 11.8 Å². The van der Waals surface area contributed by atoms with Gasteiger partial charge in [-0.2, -0.15) is 4.98 Å². The molecule has 2 fully saturated rings. The summed E-state index contributed by atoms with van der Waals surface area (Å²) >= 11 is 16.5. The van der Waals surface area contributed by atoms with E-state index in [4.69, 9.17) is 50.0 Å². The third kappa shape index (κ3) is 12.4. The third-order valence-electron chi connectivity index (χ3n) is 7.70. The fourth-order valence-corrected chi connectivity index (χ4v) is 5.99. The van der Waals surface area contributed by atoms with Crippen molar-refractivity contribution in [3.63, 3.8) is 0 Å². The lowest BCUT2D eigenvalue weighted by Crippen LogP contribution is -2.34. The summed E-state index contributed by atoms with van der Waals surface area (Å²) in [5.74, 6) is 0.304. The summed E-state index contributed by atoms with van der Waals surface area (Å²) in [5.41, 5.74) is 8.08. The lowest BCUT2D eigenvalue weighted by atomic mass is 9.93. The molecule has 0 saturated heterocycles. The van der Waals surface area contributed by atoms with Gasteiger partial charge < -0.3 is 20.5 Å². The fourth-order valence-electron chi connectivity index (χ4n) is 5.31. The Balaban J connectivity index is 0.000000184. The van der Waals surface area contributed by atoms with Crippen molar-refractivity contribution in [2.24, 2.45) is 5.73 Å². The Labute approximate surface area is 299 Å². The Bertz CT molecular complexity index is 1670. The van der Waals surface area contributed by atoms with Crippen molar-refractivity contribution in [2.75, 3.05) is 5.32 Å². The van der Waals surface area contributed by atoms with Crippen molar-refractivity contribution in [1.82, 2.24) is 39.9 Å². The molecule has 0 aromatic carbocycles. The first-order chi connectivity index (χ1) is 23.4. The molecule has 4 atom stereocenters. The second-order valence-electron chi connectivity index (χ2n) is 11.8. The maximum atomic E-state index is 14.1. The van der Waals surface area contributed by atoms with Gasteiger partial charge in [-0.05, 0) is 95.8 Å². The molecule has 0 bridgehead atoms. The van der Waals surface area contributed by atoms with E-state index < -0.39 is 11.6 Å². The van der Waals surface area contributed by atoms with E-state index in [1.54, 1.807) is 6.92 Å². The third-order valence-corrected chi connectivity index (χ3v) is 8.29. The van der Waals surface area contributed by atoms with Crippen molar-refractivity contribution in [3.05, 3.63) is 74.9 Å². The Morgan fingerprint density at radius 1 is 0.694 bits per heavy atom. The van der Waals surface area contributed by atoms with Gasteiger partial charge in [0.2, 0.25) is 22.3 Å². The number of nitrogens with two attached hydrogens (primary N) is 1. The minimum Gasteiger partial charge on any atom is -0.474 e. The van der Waals surface area contributed by atoms with E-state index in [-0.39, 0.29) is 57.2 Å². The second kappa shape index (κ2) is 18.4. The molecular weight excluding hydrogens is 701 g/mol. The van der Waals surface area contributed by atoms with Crippen LogP contribution in [-0.4, -0.2) is 64.2 Å². The minimum atomic E-state index is -0.619. The average Bonchev–Trinajstić information content (AvgIpc) is 3.03. The summed E-state index contributed by atoms with van der Waals surface area (Å²) in [6, 6.07) is 4.02. The zero-order valence-electron chi connectivity index (χ0n) is 27.6. The maximum Gasteiger partial charge on any atom is 0.224 e. The van der Waals surface area contributed by atoms with Gasteiger partial charge in [0.25, 0.3) is 0 Å². The predicted molar refractivity (Wildman–Crippen MR) is 183 cm³/mol. The molecule has 17 heteroatoms. The van der Waals surface area contributed by atoms with Crippen LogP contribution >= 0.6 is 34.8 Å². The van der Waals surface area contributed by atoms with Crippen molar-refractivity contribution >= 4 is 40.6 Å². The van der Waals surface area contributed by atoms with Gasteiger partial charge in [-0.3, -0.25) is 0 Å². The monoisotopic (exact) mass is 738 g/mol. The number of halogens is 5. The number of rotatable bonds is 6. The first-order valence-electron chi connectivity index (χ1n) is 15.8. The standard InChI is InChI=1S/C16H19ClFN5O.C11H17N3O.C5H3Cl2FN2/c1-9-6-13(20-8-19-9)24-12-5-3-4-11(7-12)22-15-14(18)10(2)21-16(17)23-15;1-8-5-11(14-7-13-8)15-10-4-2-3-9(12)6-10;1-2-3(8)4(6)10-5(7)9-2/h6,8,11-12H,3-5,7H2,1-2H3,(H,21,22,23);5,7,9-10H,2-4,6,12H2,1H3;1H3. The quantitative estimate of drug-likeness (QED) is 0.152. The average molecular weight is 740 g/mol. The van der Waals surface area contributed by atoms with Crippen LogP contribution < -0.4 is 20.5 Å². The fraction of sp³-hybridized carbons (Fsp3) is 0.500. The zero-order valence-corrected chi connectivity index (χ0v) is 29.9. The van der Waals surface area contributed by atoms with Crippen LogP contribution in [0.1, 0.15) is 74.1 Å². The Morgan fingerprint density at radius 3 is 1.78 bits per heavy atom. The van der Waals surface area contributed by atoms with E-state index in [1.807, 2.05) is 26.0 Å². The van der Waals surface area contributed by atoms with Gasteiger partial charge in [-0.1, -0.05) is 11.6 Å². The Kier molecular flexibility index (Phi) is 14.4. The number of hydrogen-bond acceptors (Lipinski definition) is 12. The molecule has 2 aliphatic carbocycles. The highest BCUT2D eigenvalue weighted by Gasteiger charge is 2.25. The molecule has 2 saturated carbocycles. The van der Waals surface area contributed by atoms with E-state index >= 15 is 0 Å². The van der Waals surface area contributed by atoms with Crippen LogP contribution in [0.2, 0.25) is 15.7 Å². The largest absolute Gasteiger partial charge is 0.474 e. The smallest absolute Gasteiger partial charge is 0.224 e. The lowest BCUT2D eigenvalue weighted by molar-refractivity contribution is 0.138. The van der Waals surface area contributed by atoms with Crippen molar-refractivity contribution in [3.8, 4) is 11.8 Å². The van der Waals surface area contributed by atoms with Crippen molar-refractivity contribution in [2.45, 2.75) is 103 Å². The molecule has 0 radical (unpaired) electrons. The van der Waals surface area contributed by atoms with Crippen LogP contribution in [0.15, 0.2) is 24.8 Å². The van der Waals surface area contributed by atoms with Crippen LogP contribution in [0, 0.1) is 39.3 Å². The van der Waals surface area contributed by atoms with E-state index in [0.29, 0.717) is 11.8 Å². The zero-order chi connectivity index (χ0) is 35.5. The maximum absolute atomic E-state index is 14.1. The molecule has 49 heavy (non-hydrogen) atoms. The molecule has 0 spiro atoms. The second-order valence-corrected chi connectivity index (χ2v) is 12.9. The summed E-state index contributed by atoms with van der Waals surface area (Å²) < 4.78 is 38.4. The number of nitrogens with zero attached hydrogens (tertiary/aromatic N) is 8. The minimum absolute atomic E-state index is 0.0204. The summed E-state index contributed by atoms with van der Waals surface area (Å²) in [5, 5.41) is 2.90. The molecular formula is C32H39Cl3F2N10O2. The number of aryl methyl sites for hydroxylation is 4. The first-order valence-corrected chi connectivity index (χ1v) is 17.0. The van der Waals surface area contributed by atoms with E-state index in [9.17, 15) is 8.78 Å². The van der Waals surface area contributed by atoms with Crippen LogP contribution in [0.4, 0.5) is 14.6 Å². The van der Waals surface area contributed by atoms with Gasteiger partial charge in [-0.15, -0.1) is 0 Å². The lowest BCUT2D eigenvalue weighted by Gasteiger charge is -2.30. The molecule has 4 unspecified atom stereocenters. The molecule has 4 aromatic heterocycles. The molecule has 4 heterocycles. The Hall–Kier alpha value is -3.59. The van der Waals surface area contributed by atoms with Crippen LogP contribution in [0.3, 0.4) is 0 Å². The van der Waals surface area contributed by atoms with Gasteiger partial charge in [0, 0.05) is 42.0 Å². The molecule has 2 aliphatic rings. The topological polar surface area (TPSA) is 160 Å². The van der Waals surface area contributed by atoms with Crippen LogP contribution in [-0.2, 0) is 0 Å². The molecule has 3 N–H and O–H groups in total. The van der Waals surface area contributed by atoms with Crippen molar-refractivity contribution in [1.29, 1.82) is 0 Å². The summed E-state index contributed by atoms with van der Waals surface area (Å²) in [4.78, 5) is 31.0. The van der Waals surface area contributed by atoms with Gasteiger partial charge in [0.1, 0.15) is 24.9 Å².